The number of nitrogens with zero attached hydrogens (tertiary/aromatic N) is 4. The SMILES string of the molecule is CN(CCc1c(C(=O)NCc2ccc(C#N)cc2)nn(C)c1C=O)CC1(S(=O)(=O)C(C)(C)CO)CC1. The minimum atomic E-state index is -3.57. The van der Waals surface area contributed by atoms with Crippen molar-refractivity contribution in [1.29, 1.82) is 5.26 Å². The van der Waals surface area contributed by atoms with Crippen molar-refractivity contribution in [3.05, 3.63) is 52.3 Å². The Kier molecular flexibility index (Phi) is 8.03. The van der Waals surface area contributed by atoms with Crippen LogP contribution in [0.5, 0.6) is 0 Å². The second-order valence-electron chi connectivity index (χ2n) is 10.0. The summed E-state index contributed by atoms with van der Waals surface area (Å²) in [6.45, 7) is 3.58. The first-order valence-corrected chi connectivity index (χ1v) is 13.2. The van der Waals surface area contributed by atoms with Gasteiger partial charge in [-0.2, -0.15) is 10.4 Å². The van der Waals surface area contributed by atoms with Gasteiger partial charge in [-0.05, 0) is 57.9 Å². The van der Waals surface area contributed by atoms with Crippen molar-refractivity contribution in [3.8, 4) is 6.07 Å². The van der Waals surface area contributed by atoms with Gasteiger partial charge in [0.15, 0.2) is 21.8 Å². The highest BCUT2D eigenvalue weighted by molar-refractivity contribution is 7.94. The lowest BCUT2D eigenvalue weighted by Crippen LogP contribution is -2.48. The molecule has 3 rings (SSSR count). The van der Waals surface area contributed by atoms with E-state index >= 15 is 0 Å². The first kappa shape index (κ1) is 27.5. The summed E-state index contributed by atoms with van der Waals surface area (Å²) in [5.74, 6) is -0.424. The fourth-order valence-corrected chi connectivity index (χ4v) is 6.69. The molecule has 36 heavy (non-hydrogen) atoms. The molecule has 1 fully saturated rings. The summed E-state index contributed by atoms with van der Waals surface area (Å²) in [5.41, 5.74) is 2.29. The molecule has 1 saturated carbocycles. The fourth-order valence-electron chi connectivity index (χ4n) is 4.32. The number of likely N-dealkylation sites (N-methyl/N-ethyl adjacent to an activating group) is 1. The molecule has 11 heteroatoms. The van der Waals surface area contributed by atoms with Crippen LogP contribution in [-0.4, -0.2) is 76.6 Å². The Labute approximate surface area is 211 Å². The number of carbonyl (C=O) groups is 2. The third-order valence-corrected chi connectivity index (χ3v) is 10.1. The maximum atomic E-state index is 13.1. The van der Waals surface area contributed by atoms with Gasteiger partial charge < -0.3 is 15.3 Å². The molecule has 1 aromatic carbocycles. The van der Waals surface area contributed by atoms with Gasteiger partial charge in [0, 0.05) is 32.2 Å². The maximum Gasteiger partial charge on any atom is 0.272 e. The number of sulfone groups is 1. The van der Waals surface area contributed by atoms with E-state index in [4.69, 9.17) is 5.26 Å². The zero-order chi connectivity index (χ0) is 26.7. The van der Waals surface area contributed by atoms with Crippen LogP contribution in [0.15, 0.2) is 24.3 Å². The number of benzene rings is 1. The van der Waals surface area contributed by atoms with Crippen molar-refractivity contribution >= 4 is 22.0 Å². The molecule has 0 bridgehead atoms. The van der Waals surface area contributed by atoms with Gasteiger partial charge in [0.05, 0.1) is 27.7 Å². The molecular formula is C25H33N5O5S. The Balaban J connectivity index is 1.70. The quantitative estimate of drug-likeness (QED) is 0.402. The van der Waals surface area contributed by atoms with Gasteiger partial charge in [0.1, 0.15) is 5.69 Å². The third kappa shape index (κ3) is 5.36. The van der Waals surface area contributed by atoms with Crippen molar-refractivity contribution in [1.82, 2.24) is 20.0 Å². The molecule has 0 unspecified atom stereocenters. The summed E-state index contributed by atoms with van der Waals surface area (Å²) in [6, 6.07) is 8.89. The smallest absolute Gasteiger partial charge is 0.272 e. The molecule has 0 aliphatic heterocycles. The van der Waals surface area contributed by atoms with E-state index in [1.807, 2.05) is 18.0 Å². The monoisotopic (exact) mass is 515 g/mol. The number of nitrogens with one attached hydrogen (secondary N) is 1. The second-order valence-corrected chi connectivity index (χ2v) is 13.0. The van der Waals surface area contributed by atoms with Crippen LogP contribution in [0.3, 0.4) is 0 Å². The molecule has 10 nitrogen and oxygen atoms in total. The topological polar surface area (TPSA) is 145 Å². The number of aldehydes is 1. The fraction of sp³-hybridized carbons (Fsp3) is 0.520. The van der Waals surface area contributed by atoms with Crippen LogP contribution in [0, 0.1) is 11.3 Å². The summed E-state index contributed by atoms with van der Waals surface area (Å²) < 4.78 is 25.5. The van der Waals surface area contributed by atoms with Gasteiger partial charge in [0.25, 0.3) is 5.91 Å². The number of aliphatic hydroxyl groups is 1. The van der Waals surface area contributed by atoms with Crippen molar-refractivity contribution < 1.29 is 23.1 Å². The molecule has 2 aromatic rings. The Bertz CT molecular complexity index is 1270. The predicted molar refractivity (Wildman–Crippen MR) is 134 cm³/mol. The molecule has 1 amide bonds. The number of aromatic nitrogens is 2. The Morgan fingerprint density at radius 3 is 2.50 bits per heavy atom. The Hall–Kier alpha value is -3.07. The number of aliphatic hydroxyl groups excluding tert-OH is 1. The van der Waals surface area contributed by atoms with E-state index in [2.05, 4.69) is 10.4 Å². The first-order valence-electron chi connectivity index (χ1n) is 11.7. The largest absolute Gasteiger partial charge is 0.395 e. The number of amides is 1. The van der Waals surface area contributed by atoms with E-state index < -0.39 is 31.8 Å². The van der Waals surface area contributed by atoms with Gasteiger partial charge in [-0.25, -0.2) is 8.42 Å². The molecule has 0 saturated heterocycles. The zero-order valence-electron chi connectivity index (χ0n) is 21.1. The normalized spacial score (nSPS) is 14.9. The van der Waals surface area contributed by atoms with E-state index in [-0.39, 0.29) is 12.2 Å². The minimum Gasteiger partial charge on any atom is -0.395 e. The van der Waals surface area contributed by atoms with Crippen LogP contribution >= 0.6 is 0 Å². The average Bonchev–Trinajstić information content (AvgIpc) is 3.57. The lowest BCUT2D eigenvalue weighted by Gasteiger charge is -2.31. The molecule has 0 radical (unpaired) electrons. The third-order valence-electron chi connectivity index (χ3n) is 6.84. The maximum absolute atomic E-state index is 13.1. The molecule has 0 spiro atoms. The van der Waals surface area contributed by atoms with Gasteiger partial charge in [0.2, 0.25) is 0 Å². The molecule has 194 valence electrons. The van der Waals surface area contributed by atoms with Gasteiger partial charge >= 0.3 is 0 Å². The molecular weight excluding hydrogens is 482 g/mol. The van der Waals surface area contributed by atoms with E-state index in [1.165, 1.54) is 18.5 Å². The van der Waals surface area contributed by atoms with Gasteiger partial charge in [-0.15, -0.1) is 0 Å². The van der Waals surface area contributed by atoms with Crippen LogP contribution in [-0.2, 0) is 29.9 Å². The van der Waals surface area contributed by atoms with Crippen LogP contribution in [0.4, 0.5) is 0 Å². The van der Waals surface area contributed by atoms with Crippen molar-refractivity contribution in [3.63, 3.8) is 0 Å². The number of nitriles is 1. The summed E-state index contributed by atoms with van der Waals surface area (Å²) in [6.07, 6.45) is 2.07. The predicted octanol–water partition coefficient (Wildman–Crippen LogP) is 1.23. The average molecular weight is 516 g/mol. The van der Waals surface area contributed by atoms with Crippen molar-refractivity contribution in [2.75, 3.05) is 26.7 Å². The summed E-state index contributed by atoms with van der Waals surface area (Å²) in [5, 5.41) is 25.6. The number of hydrogen-bond donors (Lipinski definition) is 2. The van der Waals surface area contributed by atoms with Gasteiger partial charge in [-0.1, -0.05) is 12.1 Å². The highest BCUT2D eigenvalue weighted by Crippen LogP contribution is 2.48. The van der Waals surface area contributed by atoms with Crippen LogP contribution in [0.1, 0.15) is 64.4 Å². The van der Waals surface area contributed by atoms with Crippen molar-refractivity contribution in [2.45, 2.75) is 49.1 Å². The lowest BCUT2D eigenvalue weighted by molar-refractivity contribution is 0.0944. The van der Waals surface area contributed by atoms with Gasteiger partial charge in [-0.3, -0.25) is 14.3 Å². The molecule has 1 aliphatic rings. The number of aryl methyl sites for hydroxylation is 1. The minimum absolute atomic E-state index is 0.150. The van der Waals surface area contributed by atoms with Crippen LogP contribution in [0.25, 0.3) is 0 Å². The molecule has 1 heterocycles. The molecule has 1 aromatic heterocycles. The second kappa shape index (κ2) is 10.5. The van der Waals surface area contributed by atoms with Crippen molar-refractivity contribution in [2.24, 2.45) is 7.05 Å². The van der Waals surface area contributed by atoms with Crippen LogP contribution in [0.2, 0.25) is 0 Å². The highest BCUT2D eigenvalue weighted by atomic mass is 32.2. The molecule has 2 N–H and O–H groups in total. The summed E-state index contributed by atoms with van der Waals surface area (Å²) in [4.78, 5) is 26.6. The molecule has 1 aliphatic carbocycles. The summed E-state index contributed by atoms with van der Waals surface area (Å²) >= 11 is 0. The molecule has 0 atom stereocenters. The first-order chi connectivity index (χ1) is 16.9. The number of hydrogen-bond acceptors (Lipinski definition) is 8. The number of carbonyl (C=O) groups excluding carboxylic acids is 2. The van der Waals surface area contributed by atoms with E-state index in [9.17, 15) is 23.1 Å². The van der Waals surface area contributed by atoms with Crippen LogP contribution < -0.4 is 5.32 Å². The summed E-state index contributed by atoms with van der Waals surface area (Å²) in [7, 11) is -0.167. The zero-order valence-corrected chi connectivity index (χ0v) is 21.9. The highest BCUT2D eigenvalue weighted by Gasteiger charge is 2.59. The lowest BCUT2D eigenvalue weighted by atomic mass is 10.1. The van der Waals surface area contributed by atoms with E-state index in [0.29, 0.717) is 55.5 Å². The Morgan fingerprint density at radius 2 is 1.97 bits per heavy atom. The Morgan fingerprint density at radius 1 is 1.33 bits per heavy atom. The standard InChI is InChI=1S/C25H33N5O5S/c1-24(2,17-32)36(34,35)25(10-11-25)16-29(3)12-9-20-21(15-31)30(4)28-22(20)23(33)27-14-19-7-5-18(13-26)6-8-19/h5-8,15,32H,9-12,14,16-17H2,1-4H3,(H,27,33). The van der Waals surface area contributed by atoms with E-state index in [1.54, 1.807) is 31.3 Å². The van der Waals surface area contributed by atoms with E-state index in [0.717, 1.165) is 5.56 Å². The number of rotatable bonds is 12.